The van der Waals surface area contributed by atoms with Gasteiger partial charge in [0.25, 0.3) is 5.91 Å². The van der Waals surface area contributed by atoms with E-state index in [0.717, 1.165) is 29.4 Å². The van der Waals surface area contributed by atoms with Gasteiger partial charge in [-0.1, -0.05) is 61.9 Å². The molecular formula is C31H33N3O5. The zero-order valence-electron chi connectivity index (χ0n) is 22.5. The van der Waals surface area contributed by atoms with E-state index < -0.39 is 5.54 Å². The van der Waals surface area contributed by atoms with E-state index in [1.54, 1.807) is 20.5 Å². The fourth-order valence-corrected chi connectivity index (χ4v) is 5.10. The first kappa shape index (κ1) is 26.2. The lowest BCUT2D eigenvalue weighted by atomic mass is 9.86. The highest BCUT2D eigenvalue weighted by atomic mass is 16.7. The van der Waals surface area contributed by atoms with Crippen molar-refractivity contribution in [1.29, 1.82) is 0 Å². The molecule has 1 amide bonds. The van der Waals surface area contributed by atoms with Gasteiger partial charge in [0.05, 0.1) is 30.8 Å². The fraction of sp³-hybridized carbons (Fsp3) is 0.290. The number of amides is 1. The third-order valence-corrected chi connectivity index (χ3v) is 6.96. The first-order chi connectivity index (χ1) is 19.1. The molecule has 0 aliphatic carbocycles. The molecule has 1 N–H and O–H groups in total. The van der Waals surface area contributed by atoms with Crippen molar-refractivity contribution in [2.24, 2.45) is 0 Å². The number of rotatable bonds is 11. The second-order valence-electron chi connectivity index (χ2n) is 9.34. The van der Waals surface area contributed by atoms with Gasteiger partial charge in [0.1, 0.15) is 12.1 Å². The van der Waals surface area contributed by atoms with Crippen LogP contribution in [0, 0.1) is 0 Å². The maximum Gasteiger partial charge on any atom is 0.254 e. The Bertz CT molecular complexity index is 1480. The van der Waals surface area contributed by atoms with E-state index in [-0.39, 0.29) is 12.7 Å². The number of hydrogen-bond acceptors (Lipinski definition) is 6. The van der Waals surface area contributed by atoms with Crippen molar-refractivity contribution >= 4 is 16.9 Å². The molecule has 1 unspecified atom stereocenters. The molecule has 2 heterocycles. The molecule has 0 radical (unpaired) electrons. The summed E-state index contributed by atoms with van der Waals surface area (Å²) in [6, 6.07) is 23.3. The monoisotopic (exact) mass is 527 g/mol. The average molecular weight is 528 g/mol. The Kier molecular flexibility index (Phi) is 7.72. The van der Waals surface area contributed by atoms with Gasteiger partial charge in [-0.05, 0) is 36.2 Å². The number of imidazole rings is 1. The summed E-state index contributed by atoms with van der Waals surface area (Å²) in [6.45, 7) is 2.65. The minimum atomic E-state index is -1.36. The maximum atomic E-state index is 14.5. The highest BCUT2D eigenvalue weighted by Crippen LogP contribution is 2.44. The molecule has 5 rings (SSSR count). The van der Waals surface area contributed by atoms with Crippen molar-refractivity contribution in [3.05, 3.63) is 90.4 Å². The highest BCUT2D eigenvalue weighted by Gasteiger charge is 2.50. The number of para-hydroxylation sites is 3. The van der Waals surface area contributed by atoms with E-state index in [2.05, 4.69) is 12.2 Å². The lowest BCUT2D eigenvalue weighted by molar-refractivity contribution is -0.129. The van der Waals surface area contributed by atoms with Gasteiger partial charge in [-0.25, -0.2) is 4.98 Å². The third kappa shape index (κ3) is 4.78. The van der Waals surface area contributed by atoms with Gasteiger partial charge in [0, 0.05) is 13.0 Å². The molecule has 1 aliphatic heterocycles. The first-order valence-electron chi connectivity index (χ1n) is 13.1. The van der Waals surface area contributed by atoms with Crippen LogP contribution in [0.3, 0.4) is 0 Å². The Morgan fingerprint density at radius 2 is 1.82 bits per heavy atom. The number of unbranched alkanes of at least 4 members (excludes halogenated alkanes) is 1. The Hall–Kier alpha value is -4.46. The number of nitrogens with zero attached hydrogens (tertiary/aromatic N) is 2. The van der Waals surface area contributed by atoms with Gasteiger partial charge in [-0.2, -0.15) is 0 Å². The Balaban J connectivity index is 1.86. The zero-order valence-corrected chi connectivity index (χ0v) is 22.5. The lowest BCUT2D eigenvalue weighted by Crippen LogP contribution is -2.52. The van der Waals surface area contributed by atoms with Crippen LogP contribution in [0.1, 0.15) is 25.3 Å². The summed E-state index contributed by atoms with van der Waals surface area (Å²) >= 11 is 0. The number of methoxy groups -OCH3 is 2. The van der Waals surface area contributed by atoms with Crippen molar-refractivity contribution in [3.63, 3.8) is 0 Å². The molecule has 1 aliphatic rings. The van der Waals surface area contributed by atoms with Crippen LogP contribution in [0.5, 0.6) is 11.5 Å². The van der Waals surface area contributed by atoms with Gasteiger partial charge in [-0.3, -0.25) is 4.79 Å². The van der Waals surface area contributed by atoms with E-state index in [1.165, 1.54) is 0 Å². The van der Waals surface area contributed by atoms with Gasteiger partial charge >= 0.3 is 0 Å². The van der Waals surface area contributed by atoms with E-state index >= 15 is 0 Å². The number of benzene rings is 3. The standard InChI is InChI=1S/C31H33N3O5/c1-4-5-18-32-30(35)31(27-20-38-21-39-27,19-22-12-7-6-8-13-22)34-25-16-10-9-15-24(25)33-29(34)23-14-11-17-26(36-2)28(23)37-3/h6-17,20H,4-5,18-19,21H2,1-3H3,(H,32,35). The van der Waals surface area contributed by atoms with Gasteiger partial charge in [-0.15, -0.1) is 0 Å². The minimum absolute atomic E-state index is 0.0263. The third-order valence-electron chi connectivity index (χ3n) is 6.96. The Labute approximate surface area is 228 Å². The second-order valence-corrected chi connectivity index (χ2v) is 9.34. The molecule has 1 aromatic heterocycles. The number of fused-ring (bicyclic) bond motifs is 1. The van der Waals surface area contributed by atoms with Gasteiger partial charge in [0.15, 0.2) is 22.8 Å². The van der Waals surface area contributed by atoms with Crippen molar-refractivity contribution < 1.29 is 23.7 Å². The molecule has 4 aromatic rings. The van der Waals surface area contributed by atoms with Crippen LogP contribution in [-0.4, -0.2) is 43.0 Å². The number of nitrogens with one attached hydrogen (secondary N) is 1. The van der Waals surface area contributed by atoms with Crippen LogP contribution in [0.25, 0.3) is 22.4 Å². The number of aromatic nitrogens is 2. The van der Waals surface area contributed by atoms with Crippen molar-refractivity contribution in [2.45, 2.75) is 31.7 Å². The summed E-state index contributed by atoms with van der Waals surface area (Å²) < 4.78 is 25.0. The quantitative estimate of drug-likeness (QED) is 0.262. The van der Waals surface area contributed by atoms with E-state index in [4.69, 9.17) is 23.9 Å². The van der Waals surface area contributed by atoms with Crippen LogP contribution in [0.4, 0.5) is 0 Å². The van der Waals surface area contributed by atoms with Gasteiger partial charge < -0.3 is 28.8 Å². The molecule has 39 heavy (non-hydrogen) atoms. The Morgan fingerprint density at radius 3 is 2.54 bits per heavy atom. The van der Waals surface area contributed by atoms with Crippen molar-refractivity contribution in [1.82, 2.24) is 14.9 Å². The van der Waals surface area contributed by atoms with Crippen LogP contribution >= 0.6 is 0 Å². The first-order valence-corrected chi connectivity index (χ1v) is 13.1. The zero-order chi connectivity index (χ0) is 27.2. The van der Waals surface area contributed by atoms with Crippen LogP contribution in [0.2, 0.25) is 0 Å². The summed E-state index contributed by atoms with van der Waals surface area (Å²) in [6.07, 6.45) is 3.66. The number of ether oxygens (including phenoxy) is 4. The van der Waals surface area contributed by atoms with Crippen molar-refractivity contribution in [2.75, 3.05) is 27.6 Å². The molecule has 0 bridgehead atoms. The molecule has 3 aromatic carbocycles. The van der Waals surface area contributed by atoms with Crippen LogP contribution in [0.15, 0.2) is 84.8 Å². The van der Waals surface area contributed by atoms with Crippen LogP contribution < -0.4 is 14.8 Å². The second kappa shape index (κ2) is 11.5. The van der Waals surface area contributed by atoms with E-state index in [1.807, 2.05) is 77.4 Å². The van der Waals surface area contributed by atoms with Gasteiger partial charge in [0.2, 0.25) is 6.79 Å². The molecular weight excluding hydrogens is 494 g/mol. The van der Waals surface area contributed by atoms with E-state index in [0.29, 0.717) is 41.6 Å². The topological polar surface area (TPSA) is 83.8 Å². The molecule has 0 saturated carbocycles. The summed E-state index contributed by atoms with van der Waals surface area (Å²) in [7, 11) is 3.19. The molecule has 0 fully saturated rings. The molecule has 0 saturated heterocycles. The molecule has 0 spiro atoms. The highest BCUT2D eigenvalue weighted by molar-refractivity contribution is 5.93. The minimum Gasteiger partial charge on any atom is -0.493 e. The van der Waals surface area contributed by atoms with Crippen LogP contribution in [-0.2, 0) is 26.2 Å². The summed E-state index contributed by atoms with van der Waals surface area (Å²) in [5, 5.41) is 3.18. The smallest absolute Gasteiger partial charge is 0.254 e. The molecule has 202 valence electrons. The largest absolute Gasteiger partial charge is 0.493 e. The lowest BCUT2D eigenvalue weighted by Gasteiger charge is -2.35. The fourth-order valence-electron chi connectivity index (χ4n) is 5.10. The Morgan fingerprint density at radius 1 is 1.03 bits per heavy atom. The summed E-state index contributed by atoms with van der Waals surface area (Å²) in [4.78, 5) is 19.6. The normalized spacial score (nSPS) is 14.2. The van der Waals surface area contributed by atoms with Crippen molar-refractivity contribution in [3.8, 4) is 22.9 Å². The maximum absolute atomic E-state index is 14.5. The predicted molar refractivity (Wildman–Crippen MR) is 149 cm³/mol. The summed E-state index contributed by atoms with van der Waals surface area (Å²) in [5.41, 5.74) is 1.80. The molecule has 1 atom stereocenters. The average Bonchev–Trinajstić information content (AvgIpc) is 3.65. The summed E-state index contributed by atoms with van der Waals surface area (Å²) in [5.74, 6) is 1.84. The SMILES string of the molecule is CCCCNC(=O)C(Cc1ccccc1)(C1=COCO1)n1c(-c2cccc(OC)c2OC)nc2ccccc21. The number of carbonyl (C=O) groups excluding carboxylic acids is 1. The molecule has 8 nitrogen and oxygen atoms in total. The number of hydrogen-bond donors (Lipinski definition) is 1. The van der Waals surface area contributed by atoms with E-state index in [9.17, 15) is 4.79 Å². The molecule has 8 heteroatoms. The number of carbonyl (C=O) groups is 1. The predicted octanol–water partition coefficient (Wildman–Crippen LogP) is 5.42.